The van der Waals surface area contributed by atoms with Crippen molar-refractivity contribution in [1.82, 2.24) is 0 Å². The first-order chi connectivity index (χ1) is 9.03. The van der Waals surface area contributed by atoms with Gasteiger partial charge in [-0.3, -0.25) is 15.5 Å². The summed E-state index contributed by atoms with van der Waals surface area (Å²) in [6.07, 6.45) is 0. The summed E-state index contributed by atoms with van der Waals surface area (Å²) in [7, 11) is 1.30. The fourth-order valence-electron chi connectivity index (χ4n) is 1.13. The summed E-state index contributed by atoms with van der Waals surface area (Å²) in [6, 6.07) is 5.42. The first kappa shape index (κ1) is 14.2. The van der Waals surface area contributed by atoms with Gasteiger partial charge in [0.1, 0.15) is 22.8 Å². The summed E-state index contributed by atoms with van der Waals surface area (Å²) >= 11 is 5.72. The number of halogens is 1. The summed E-state index contributed by atoms with van der Waals surface area (Å²) in [5, 5.41) is 31.1. The van der Waals surface area contributed by atoms with Gasteiger partial charge in [0, 0.05) is 0 Å². The fraction of sp³-hybridized carbons (Fsp3) is 0.100. The summed E-state index contributed by atoms with van der Waals surface area (Å²) in [6.45, 7) is 0. The molecular weight excluding hydrogens is 274 g/mol. The molecule has 0 fully saturated rings. The molecule has 0 saturated carbocycles. The van der Waals surface area contributed by atoms with Crippen molar-refractivity contribution in [3.63, 3.8) is 0 Å². The van der Waals surface area contributed by atoms with Crippen LogP contribution in [-0.4, -0.2) is 17.7 Å². The maximum atomic E-state index is 10.7. The third-order valence-corrected chi connectivity index (χ3v) is 2.27. The van der Waals surface area contributed by atoms with E-state index >= 15 is 0 Å². The lowest BCUT2D eigenvalue weighted by Crippen LogP contribution is -2.00. The number of ether oxygens (including phenoxy) is 1. The number of hydrogen-bond donors (Lipinski definition) is 1. The van der Waals surface area contributed by atoms with Gasteiger partial charge in [-0.2, -0.15) is 15.6 Å². The molecule has 0 heterocycles. The Bertz CT molecular complexity index is 613. The number of nitrogens with zero attached hydrogens (tertiary/aromatic N) is 4. The second kappa shape index (κ2) is 6.19. The molecule has 1 aromatic carbocycles. The Morgan fingerprint density at radius 2 is 2.16 bits per heavy atom. The van der Waals surface area contributed by atoms with Crippen molar-refractivity contribution in [3.05, 3.63) is 27.3 Å². The average Bonchev–Trinajstić information content (AvgIpc) is 2.39. The molecule has 0 aromatic heterocycles. The summed E-state index contributed by atoms with van der Waals surface area (Å²) in [5.74, 6) is 0.107. The molecule has 0 amide bonds. The minimum Gasteiger partial charge on any atom is -0.494 e. The second-order valence-electron chi connectivity index (χ2n) is 3.06. The van der Waals surface area contributed by atoms with Gasteiger partial charge in [0.05, 0.1) is 18.1 Å². The number of nitro benzene ring substituents is 1. The van der Waals surface area contributed by atoms with Gasteiger partial charge >= 0.3 is 0 Å². The Hall–Kier alpha value is -2.84. The molecule has 96 valence electrons. The number of nitrogens with one attached hydrogen (secondary N) is 1. The summed E-state index contributed by atoms with van der Waals surface area (Å²) in [5.41, 5.74) is 1.85. The minimum absolute atomic E-state index is 0.107. The monoisotopic (exact) mass is 279 g/mol. The zero-order chi connectivity index (χ0) is 14.4. The molecule has 0 aliphatic carbocycles. The number of benzene rings is 1. The number of nitriles is 2. The molecule has 0 aliphatic heterocycles. The van der Waals surface area contributed by atoms with Crippen molar-refractivity contribution in [1.29, 1.82) is 10.5 Å². The van der Waals surface area contributed by atoms with Gasteiger partial charge in [0.25, 0.3) is 5.69 Å². The van der Waals surface area contributed by atoms with E-state index in [0.717, 1.165) is 6.07 Å². The Morgan fingerprint density at radius 1 is 1.53 bits per heavy atom. The molecule has 1 aromatic rings. The number of hydrazone groups is 1. The van der Waals surface area contributed by atoms with Crippen LogP contribution in [0.5, 0.6) is 5.75 Å². The van der Waals surface area contributed by atoms with Crippen molar-refractivity contribution in [3.8, 4) is 17.9 Å². The highest BCUT2D eigenvalue weighted by Crippen LogP contribution is 2.35. The molecule has 8 nitrogen and oxygen atoms in total. The quantitative estimate of drug-likeness (QED) is 0.511. The zero-order valence-corrected chi connectivity index (χ0v) is 10.3. The van der Waals surface area contributed by atoms with E-state index < -0.39 is 10.6 Å². The lowest BCUT2D eigenvalue weighted by atomic mass is 10.2. The maximum absolute atomic E-state index is 10.7. The van der Waals surface area contributed by atoms with Crippen molar-refractivity contribution in [2.24, 2.45) is 5.10 Å². The van der Waals surface area contributed by atoms with Crippen LogP contribution in [0, 0.1) is 32.8 Å². The highest BCUT2D eigenvalue weighted by atomic mass is 35.5. The smallest absolute Gasteiger partial charge is 0.291 e. The number of hydrogen-bond acceptors (Lipinski definition) is 7. The van der Waals surface area contributed by atoms with Crippen LogP contribution in [0.4, 0.5) is 11.4 Å². The molecule has 0 atom stereocenters. The fourth-order valence-corrected chi connectivity index (χ4v) is 1.36. The van der Waals surface area contributed by atoms with Crippen LogP contribution in [0.1, 0.15) is 0 Å². The maximum Gasteiger partial charge on any atom is 0.291 e. The van der Waals surface area contributed by atoms with Crippen LogP contribution in [0.25, 0.3) is 0 Å². The summed E-state index contributed by atoms with van der Waals surface area (Å²) < 4.78 is 4.93. The molecule has 0 bridgehead atoms. The first-order valence-corrected chi connectivity index (χ1v) is 5.07. The van der Waals surface area contributed by atoms with E-state index in [0.29, 0.717) is 0 Å². The molecule has 1 rings (SSSR count). The van der Waals surface area contributed by atoms with Gasteiger partial charge in [0.2, 0.25) is 5.71 Å². The highest BCUT2D eigenvalue weighted by Gasteiger charge is 2.17. The van der Waals surface area contributed by atoms with Crippen molar-refractivity contribution < 1.29 is 9.66 Å². The molecule has 0 spiro atoms. The SMILES string of the molecule is COc1cc([N+](=O)[O-])c(Cl)cc1NN=C(C#N)C#N. The molecule has 19 heavy (non-hydrogen) atoms. The lowest BCUT2D eigenvalue weighted by molar-refractivity contribution is -0.384. The van der Waals surface area contributed by atoms with Gasteiger partial charge in [-0.1, -0.05) is 11.6 Å². The van der Waals surface area contributed by atoms with Crippen molar-refractivity contribution in [2.75, 3.05) is 12.5 Å². The van der Waals surface area contributed by atoms with Gasteiger partial charge < -0.3 is 4.74 Å². The van der Waals surface area contributed by atoms with Crippen LogP contribution in [-0.2, 0) is 0 Å². The molecule has 0 unspecified atom stereocenters. The van der Waals surface area contributed by atoms with Crippen molar-refractivity contribution in [2.45, 2.75) is 0 Å². The van der Waals surface area contributed by atoms with Gasteiger partial charge in [0.15, 0.2) is 5.75 Å². The van der Waals surface area contributed by atoms with Gasteiger partial charge in [-0.25, -0.2) is 0 Å². The van der Waals surface area contributed by atoms with Crippen LogP contribution in [0.3, 0.4) is 0 Å². The minimum atomic E-state index is -0.659. The van der Waals surface area contributed by atoms with E-state index in [2.05, 4.69) is 10.5 Å². The van der Waals surface area contributed by atoms with Crippen LogP contribution >= 0.6 is 11.6 Å². The van der Waals surface area contributed by atoms with Crippen LogP contribution < -0.4 is 10.2 Å². The van der Waals surface area contributed by atoms with Gasteiger partial charge in [-0.05, 0) is 6.07 Å². The predicted octanol–water partition coefficient (Wildman–Crippen LogP) is 2.07. The molecule has 1 N–H and O–H groups in total. The third kappa shape index (κ3) is 3.31. The highest BCUT2D eigenvalue weighted by molar-refractivity contribution is 6.33. The normalized spacial score (nSPS) is 8.84. The van der Waals surface area contributed by atoms with E-state index in [4.69, 9.17) is 26.9 Å². The Balaban J connectivity index is 3.20. The number of methoxy groups -OCH3 is 1. The molecule has 0 aliphatic rings. The Morgan fingerprint density at radius 3 is 2.63 bits per heavy atom. The number of anilines is 1. The third-order valence-electron chi connectivity index (χ3n) is 1.97. The van der Waals surface area contributed by atoms with Gasteiger partial charge in [-0.15, -0.1) is 0 Å². The first-order valence-electron chi connectivity index (χ1n) is 4.69. The Kier molecular flexibility index (Phi) is 4.63. The largest absolute Gasteiger partial charge is 0.494 e. The average molecular weight is 280 g/mol. The molecule has 0 saturated heterocycles. The van der Waals surface area contributed by atoms with Crippen LogP contribution in [0.2, 0.25) is 5.02 Å². The van der Waals surface area contributed by atoms with E-state index in [1.54, 1.807) is 12.1 Å². The topological polar surface area (TPSA) is 124 Å². The predicted molar refractivity (Wildman–Crippen MR) is 66.9 cm³/mol. The Labute approximate surface area is 112 Å². The van der Waals surface area contributed by atoms with Crippen LogP contribution in [0.15, 0.2) is 17.2 Å². The molecular formula is C10H6ClN5O3. The second-order valence-corrected chi connectivity index (χ2v) is 3.46. The van der Waals surface area contributed by atoms with E-state index in [1.807, 2.05) is 0 Å². The zero-order valence-electron chi connectivity index (χ0n) is 9.55. The summed E-state index contributed by atoms with van der Waals surface area (Å²) in [4.78, 5) is 10.0. The van der Waals surface area contributed by atoms with E-state index in [9.17, 15) is 10.1 Å². The van der Waals surface area contributed by atoms with E-state index in [1.165, 1.54) is 13.2 Å². The number of nitro groups is 1. The van der Waals surface area contributed by atoms with Crippen molar-refractivity contribution >= 4 is 28.7 Å². The molecule has 0 radical (unpaired) electrons. The number of rotatable bonds is 4. The van der Waals surface area contributed by atoms with E-state index in [-0.39, 0.29) is 22.1 Å². The lowest BCUT2D eigenvalue weighted by Gasteiger charge is -2.08. The standard InChI is InChI=1S/C10H6ClN5O3/c1-19-10-3-9(16(17)18)7(11)2-8(10)15-14-6(4-12)5-13/h2-3,15H,1H3. The molecule has 9 heteroatoms.